The molecule has 1 aromatic rings. The van der Waals surface area contributed by atoms with Crippen LogP contribution in [0.15, 0.2) is 24.3 Å². The topological polar surface area (TPSA) is 62.3 Å². The fourth-order valence-electron chi connectivity index (χ4n) is 1.11. The molecule has 0 unspecified atom stereocenters. The molecule has 0 radical (unpaired) electrons. The summed E-state index contributed by atoms with van der Waals surface area (Å²) in [4.78, 5) is 6.49. The van der Waals surface area contributed by atoms with E-state index in [0.717, 1.165) is 12.2 Å². The van der Waals surface area contributed by atoms with Gasteiger partial charge in [0.1, 0.15) is 0 Å². The highest BCUT2D eigenvalue weighted by Gasteiger charge is 1.99. The molecule has 0 fully saturated rings. The summed E-state index contributed by atoms with van der Waals surface area (Å²) in [5.74, 6) is 4.93. The van der Waals surface area contributed by atoms with Gasteiger partial charge in [-0.15, -0.1) is 0 Å². The molecule has 0 saturated carbocycles. The standard InChI is InChI=1S/C10H13N3O/c1-13(6-7-14-12)10-4-2-9(8-11)3-5-10/h2-5H,6-7,12H2,1H3. The van der Waals surface area contributed by atoms with Crippen LogP contribution in [0.2, 0.25) is 0 Å². The molecular formula is C10H13N3O. The summed E-state index contributed by atoms with van der Waals surface area (Å²) >= 11 is 0. The number of nitriles is 1. The van der Waals surface area contributed by atoms with Crippen LogP contribution in [-0.2, 0) is 4.84 Å². The summed E-state index contributed by atoms with van der Waals surface area (Å²) in [6, 6.07) is 9.44. The number of rotatable bonds is 4. The van der Waals surface area contributed by atoms with Crippen LogP contribution in [0.5, 0.6) is 0 Å². The third-order valence-electron chi connectivity index (χ3n) is 1.98. The minimum Gasteiger partial charge on any atom is -0.372 e. The van der Waals surface area contributed by atoms with Gasteiger partial charge in [-0.05, 0) is 24.3 Å². The van der Waals surface area contributed by atoms with E-state index in [-0.39, 0.29) is 0 Å². The Balaban J connectivity index is 2.63. The Bertz CT molecular complexity index is 315. The zero-order valence-electron chi connectivity index (χ0n) is 8.10. The number of benzene rings is 1. The molecule has 0 atom stereocenters. The van der Waals surface area contributed by atoms with Crippen LogP contribution in [0.1, 0.15) is 5.56 Å². The molecule has 0 bridgehead atoms. The zero-order valence-corrected chi connectivity index (χ0v) is 8.10. The van der Waals surface area contributed by atoms with Gasteiger partial charge in [0.25, 0.3) is 0 Å². The van der Waals surface area contributed by atoms with Gasteiger partial charge >= 0.3 is 0 Å². The van der Waals surface area contributed by atoms with Gasteiger partial charge in [-0.3, -0.25) is 0 Å². The van der Waals surface area contributed by atoms with E-state index in [1.165, 1.54) is 0 Å². The van der Waals surface area contributed by atoms with E-state index in [1.807, 2.05) is 24.1 Å². The van der Waals surface area contributed by atoms with Gasteiger partial charge in [0, 0.05) is 19.3 Å². The van der Waals surface area contributed by atoms with E-state index >= 15 is 0 Å². The van der Waals surface area contributed by atoms with Gasteiger partial charge < -0.3 is 9.74 Å². The van der Waals surface area contributed by atoms with Crippen LogP contribution in [-0.4, -0.2) is 20.2 Å². The van der Waals surface area contributed by atoms with Crippen molar-refractivity contribution >= 4 is 5.69 Å². The predicted molar refractivity (Wildman–Crippen MR) is 54.6 cm³/mol. The maximum atomic E-state index is 8.61. The fourth-order valence-corrected chi connectivity index (χ4v) is 1.11. The van der Waals surface area contributed by atoms with Crippen molar-refractivity contribution in [1.29, 1.82) is 5.26 Å². The van der Waals surface area contributed by atoms with E-state index < -0.39 is 0 Å². The Morgan fingerprint density at radius 2 is 2.07 bits per heavy atom. The summed E-state index contributed by atoms with van der Waals surface area (Å²) in [7, 11) is 1.94. The summed E-state index contributed by atoms with van der Waals surface area (Å²) in [6.07, 6.45) is 0. The van der Waals surface area contributed by atoms with Gasteiger partial charge in [-0.2, -0.15) is 5.26 Å². The van der Waals surface area contributed by atoms with Crippen molar-refractivity contribution in [3.05, 3.63) is 29.8 Å². The van der Waals surface area contributed by atoms with E-state index in [0.29, 0.717) is 12.2 Å². The molecule has 0 spiro atoms. The Kier molecular flexibility index (Phi) is 3.92. The highest BCUT2D eigenvalue weighted by Crippen LogP contribution is 2.12. The first-order valence-electron chi connectivity index (χ1n) is 4.31. The molecule has 1 aromatic carbocycles. The SMILES string of the molecule is CN(CCON)c1ccc(C#N)cc1. The number of anilines is 1. The first kappa shape index (κ1) is 10.5. The molecule has 0 aromatic heterocycles. The monoisotopic (exact) mass is 191 g/mol. The lowest BCUT2D eigenvalue weighted by atomic mass is 10.2. The van der Waals surface area contributed by atoms with Crippen molar-refractivity contribution in [2.45, 2.75) is 0 Å². The third-order valence-corrected chi connectivity index (χ3v) is 1.98. The van der Waals surface area contributed by atoms with Crippen molar-refractivity contribution in [2.75, 3.05) is 25.1 Å². The van der Waals surface area contributed by atoms with Crippen LogP contribution in [0, 0.1) is 11.3 Å². The molecule has 1 rings (SSSR count). The lowest BCUT2D eigenvalue weighted by Crippen LogP contribution is -2.23. The van der Waals surface area contributed by atoms with Gasteiger partial charge in [0.2, 0.25) is 0 Å². The number of likely N-dealkylation sites (N-methyl/N-ethyl adjacent to an activating group) is 1. The Hall–Kier alpha value is -1.57. The predicted octanol–water partition coefficient (Wildman–Crippen LogP) is 0.885. The first-order valence-corrected chi connectivity index (χ1v) is 4.31. The van der Waals surface area contributed by atoms with Crippen molar-refractivity contribution in [2.24, 2.45) is 5.90 Å². The molecule has 0 saturated heterocycles. The molecule has 0 aliphatic rings. The second-order valence-corrected chi connectivity index (χ2v) is 2.95. The molecular weight excluding hydrogens is 178 g/mol. The average Bonchev–Trinajstić information content (AvgIpc) is 2.26. The maximum Gasteiger partial charge on any atom is 0.0991 e. The van der Waals surface area contributed by atoms with Gasteiger partial charge in [0.15, 0.2) is 0 Å². The summed E-state index contributed by atoms with van der Waals surface area (Å²) in [6.45, 7) is 1.21. The normalized spacial score (nSPS) is 9.50. The Morgan fingerprint density at radius 3 is 2.57 bits per heavy atom. The molecule has 2 N–H and O–H groups in total. The highest BCUT2D eigenvalue weighted by molar-refractivity contribution is 5.48. The average molecular weight is 191 g/mol. The third kappa shape index (κ3) is 2.73. The Morgan fingerprint density at radius 1 is 1.43 bits per heavy atom. The van der Waals surface area contributed by atoms with Crippen LogP contribution < -0.4 is 10.8 Å². The molecule has 0 aliphatic carbocycles. The molecule has 4 nitrogen and oxygen atoms in total. The van der Waals surface area contributed by atoms with Gasteiger partial charge in [0.05, 0.1) is 18.2 Å². The van der Waals surface area contributed by atoms with Gasteiger partial charge in [-0.1, -0.05) is 0 Å². The number of hydrogen-bond acceptors (Lipinski definition) is 4. The Labute approximate surface area is 83.5 Å². The molecule has 74 valence electrons. The smallest absolute Gasteiger partial charge is 0.0991 e. The number of nitrogens with two attached hydrogens (primary N) is 1. The van der Waals surface area contributed by atoms with Crippen molar-refractivity contribution < 1.29 is 4.84 Å². The first-order chi connectivity index (χ1) is 6.77. The lowest BCUT2D eigenvalue weighted by Gasteiger charge is -2.18. The largest absolute Gasteiger partial charge is 0.372 e. The van der Waals surface area contributed by atoms with Crippen molar-refractivity contribution in [3.63, 3.8) is 0 Å². The zero-order chi connectivity index (χ0) is 10.4. The molecule has 0 aliphatic heterocycles. The molecule has 0 amide bonds. The maximum absolute atomic E-state index is 8.61. The molecule has 4 heteroatoms. The van der Waals surface area contributed by atoms with E-state index in [1.54, 1.807) is 12.1 Å². The summed E-state index contributed by atoms with van der Waals surface area (Å²) in [5, 5.41) is 8.61. The van der Waals surface area contributed by atoms with Crippen LogP contribution in [0.25, 0.3) is 0 Å². The van der Waals surface area contributed by atoms with Crippen molar-refractivity contribution in [3.8, 4) is 6.07 Å². The van der Waals surface area contributed by atoms with Crippen LogP contribution >= 0.6 is 0 Å². The van der Waals surface area contributed by atoms with Crippen LogP contribution in [0.4, 0.5) is 5.69 Å². The lowest BCUT2D eigenvalue weighted by molar-refractivity contribution is 0.145. The van der Waals surface area contributed by atoms with Crippen molar-refractivity contribution in [1.82, 2.24) is 0 Å². The fraction of sp³-hybridized carbons (Fsp3) is 0.300. The minimum absolute atomic E-state index is 0.483. The van der Waals surface area contributed by atoms with E-state index in [2.05, 4.69) is 10.9 Å². The van der Waals surface area contributed by atoms with E-state index in [9.17, 15) is 0 Å². The second-order valence-electron chi connectivity index (χ2n) is 2.95. The minimum atomic E-state index is 0.483. The number of nitrogens with zero attached hydrogens (tertiary/aromatic N) is 2. The summed E-state index contributed by atoms with van der Waals surface area (Å²) in [5.41, 5.74) is 1.71. The molecule has 0 heterocycles. The molecule has 14 heavy (non-hydrogen) atoms. The second kappa shape index (κ2) is 5.22. The summed E-state index contributed by atoms with van der Waals surface area (Å²) < 4.78 is 0. The van der Waals surface area contributed by atoms with E-state index in [4.69, 9.17) is 11.2 Å². The van der Waals surface area contributed by atoms with Gasteiger partial charge in [-0.25, -0.2) is 5.90 Å². The number of hydrogen-bond donors (Lipinski definition) is 1. The quantitative estimate of drug-likeness (QED) is 0.718. The van der Waals surface area contributed by atoms with Crippen LogP contribution in [0.3, 0.4) is 0 Å². The highest BCUT2D eigenvalue weighted by atomic mass is 16.6.